The third-order valence-corrected chi connectivity index (χ3v) is 3.94. The lowest BCUT2D eigenvalue weighted by Gasteiger charge is -2.11. The van der Waals surface area contributed by atoms with Crippen LogP contribution in [0.4, 0.5) is 4.39 Å². The summed E-state index contributed by atoms with van der Waals surface area (Å²) in [5.74, 6) is -0.878. The van der Waals surface area contributed by atoms with Gasteiger partial charge in [-0.05, 0) is 19.1 Å². The number of rotatable bonds is 4. The highest BCUT2D eigenvalue weighted by Gasteiger charge is 2.23. The van der Waals surface area contributed by atoms with Crippen LogP contribution in [-0.2, 0) is 10.0 Å². The predicted octanol–water partition coefficient (Wildman–Crippen LogP) is 2.33. The maximum absolute atomic E-state index is 13.4. The molecule has 0 saturated carbocycles. The van der Waals surface area contributed by atoms with Crippen LogP contribution in [0.15, 0.2) is 35.7 Å². The van der Waals surface area contributed by atoms with E-state index in [0.29, 0.717) is 0 Å². The summed E-state index contributed by atoms with van der Waals surface area (Å²) in [7, 11) is -3.96. The molecular weight excluding hydrogens is 253 g/mol. The maximum Gasteiger partial charge on any atom is 0.245 e. The fourth-order valence-electron chi connectivity index (χ4n) is 1.09. The van der Waals surface area contributed by atoms with Crippen LogP contribution in [0.2, 0.25) is 5.02 Å². The molecule has 0 fully saturated rings. The molecule has 0 aliphatic carbocycles. The Hall–Kier alpha value is -0.910. The van der Waals surface area contributed by atoms with Gasteiger partial charge in [-0.15, -0.1) is 6.58 Å². The molecule has 0 spiro atoms. The highest BCUT2D eigenvalue weighted by molar-refractivity contribution is 7.89. The van der Waals surface area contributed by atoms with Crippen molar-refractivity contribution < 1.29 is 12.8 Å². The van der Waals surface area contributed by atoms with Gasteiger partial charge in [0.2, 0.25) is 10.0 Å². The molecule has 6 heteroatoms. The smallest absolute Gasteiger partial charge is 0.207 e. The van der Waals surface area contributed by atoms with Crippen LogP contribution >= 0.6 is 11.6 Å². The Bertz CT molecular complexity index is 481. The molecule has 1 aromatic rings. The number of hydrogen-bond acceptors (Lipinski definition) is 2. The molecule has 1 rings (SSSR count). The van der Waals surface area contributed by atoms with Crippen molar-refractivity contribution in [2.24, 2.45) is 0 Å². The van der Waals surface area contributed by atoms with Gasteiger partial charge in [-0.1, -0.05) is 23.7 Å². The van der Waals surface area contributed by atoms with E-state index in [1.807, 2.05) is 0 Å². The summed E-state index contributed by atoms with van der Waals surface area (Å²) < 4.78 is 39.1. The quantitative estimate of drug-likeness (QED) is 0.848. The van der Waals surface area contributed by atoms with Crippen LogP contribution in [0, 0.1) is 5.82 Å². The van der Waals surface area contributed by atoms with Crippen LogP contribution in [0.5, 0.6) is 0 Å². The number of nitrogens with one attached hydrogen (secondary N) is 1. The Morgan fingerprint density at radius 3 is 2.69 bits per heavy atom. The first-order chi connectivity index (χ1) is 7.38. The molecule has 0 aliphatic heterocycles. The second kappa shape index (κ2) is 4.95. The third-order valence-electron chi connectivity index (χ3n) is 1.88. The molecule has 0 saturated heterocycles. The topological polar surface area (TPSA) is 46.2 Å². The van der Waals surface area contributed by atoms with Crippen molar-refractivity contribution in [1.82, 2.24) is 4.72 Å². The van der Waals surface area contributed by atoms with Crippen molar-refractivity contribution in [2.45, 2.75) is 17.9 Å². The van der Waals surface area contributed by atoms with Crippen molar-refractivity contribution in [3.63, 3.8) is 0 Å². The van der Waals surface area contributed by atoms with Crippen molar-refractivity contribution in [3.8, 4) is 0 Å². The summed E-state index contributed by atoms with van der Waals surface area (Å²) in [5, 5.41) is -0.149. The zero-order valence-electron chi connectivity index (χ0n) is 8.57. The van der Waals surface area contributed by atoms with Crippen LogP contribution < -0.4 is 4.72 Å². The van der Waals surface area contributed by atoms with E-state index < -0.39 is 26.8 Å². The lowest BCUT2D eigenvalue weighted by Crippen LogP contribution is -2.31. The SMILES string of the molecule is C=C[C@H](C)NS(=O)(=O)c1c(F)cccc1Cl. The molecule has 0 amide bonds. The standard InChI is InChI=1S/C10H11ClFNO2S/c1-3-7(2)13-16(14,15)10-8(11)5-4-6-9(10)12/h3-7,13H,1H2,2H3/t7-/m0/s1. The van der Waals surface area contributed by atoms with Gasteiger partial charge in [0.05, 0.1) is 5.02 Å². The molecule has 0 radical (unpaired) electrons. The van der Waals surface area contributed by atoms with Gasteiger partial charge >= 0.3 is 0 Å². The molecule has 0 heterocycles. The second-order valence-corrected chi connectivity index (χ2v) is 5.25. The van der Waals surface area contributed by atoms with Gasteiger partial charge < -0.3 is 0 Å². The van der Waals surface area contributed by atoms with Gasteiger partial charge in [0.15, 0.2) is 0 Å². The van der Waals surface area contributed by atoms with Crippen LogP contribution in [0.3, 0.4) is 0 Å². The van der Waals surface area contributed by atoms with Gasteiger partial charge in [0.25, 0.3) is 0 Å². The van der Waals surface area contributed by atoms with Crippen molar-refractivity contribution in [1.29, 1.82) is 0 Å². The van der Waals surface area contributed by atoms with E-state index in [1.54, 1.807) is 6.92 Å². The average Bonchev–Trinajstić information content (AvgIpc) is 2.16. The third kappa shape index (κ3) is 2.81. The molecule has 3 nitrogen and oxygen atoms in total. The summed E-state index contributed by atoms with van der Waals surface area (Å²) in [6.45, 7) is 5.01. The summed E-state index contributed by atoms with van der Waals surface area (Å²) in [4.78, 5) is -0.537. The lowest BCUT2D eigenvalue weighted by molar-refractivity contribution is 0.553. The zero-order chi connectivity index (χ0) is 12.3. The Morgan fingerprint density at radius 2 is 2.19 bits per heavy atom. The van der Waals surface area contributed by atoms with Gasteiger partial charge in [-0.2, -0.15) is 0 Å². The Labute approximate surface area is 99.0 Å². The number of benzene rings is 1. The molecule has 16 heavy (non-hydrogen) atoms. The number of hydrogen-bond donors (Lipinski definition) is 1. The van der Waals surface area contributed by atoms with Gasteiger partial charge in [-0.3, -0.25) is 0 Å². The normalized spacial score (nSPS) is 13.4. The van der Waals surface area contributed by atoms with Crippen LogP contribution in [0.1, 0.15) is 6.92 Å². The van der Waals surface area contributed by atoms with Crippen molar-refractivity contribution in [2.75, 3.05) is 0 Å². The predicted molar refractivity (Wildman–Crippen MR) is 61.4 cm³/mol. The molecule has 1 aromatic carbocycles. The minimum Gasteiger partial charge on any atom is -0.207 e. The van der Waals surface area contributed by atoms with E-state index in [9.17, 15) is 12.8 Å². The van der Waals surface area contributed by atoms with Gasteiger partial charge in [0.1, 0.15) is 10.7 Å². The number of sulfonamides is 1. The molecule has 1 atom stereocenters. The summed E-state index contributed by atoms with van der Waals surface area (Å²) in [6, 6.07) is 3.20. The van der Waals surface area contributed by atoms with Crippen molar-refractivity contribution in [3.05, 3.63) is 41.7 Å². The highest BCUT2D eigenvalue weighted by Crippen LogP contribution is 2.24. The van der Waals surface area contributed by atoms with E-state index in [4.69, 9.17) is 11.6 Å². The second-order valence-electron chi connectivity index (χ2n) is 3.20. The molecule has 0 bridgehead atoms. The van der Waals surface area contributed by atoms with E-state index in [2.05, 4.69) is 11.3 Å². The molecule has 0 unspecified atom stereocenters. The first-order valence-electron chi connectivity index (χ1n) is 4.47. The van der Waals surface area contributed by atoms with Gasteiger partial charge in [0, 0.05) is 6.04 Å². The maximum atomic E-state index is 13.4. The first-order valence-corrected chi connectivity index (χ1v) is 6.33. The molecule has 88 valence electrons. The molecule has 0 aliphatic rings. The monoisotopic (exact) mass is 263 g/mol. The largest absolute Gasteiger partial charge is 0.245 e. The summed E-state index contributed by atoms with van der Waals surface area (Å²) in [6.07, 6.45) is 1.40. The van der Waals surface area contributed by atoms with Crippen molar-refractivity contribution >= 4 is 21.6 Å². The lowest BCUT2D eigenvalue weighted by atomic mass is 10.3. The Morgan fingerprint density at radius 1 is 1.56 bits per heavy atom. The fraction of sp³-hybridized carbons (Fsp3) is 0.200. The highest BCUT2D eigenvalue weighted by atomic mass is 35.5. The summed E-state index contributed by atoms with van der Waals surface area (Å²) >= 11 is 5.66. The Balaban J connectivity index is 3.22. The molecule has 1 N–H and O–H groups in total. The minimum atomic E-state index is -3.96. The summed E-state index contributed by atoms with van der Waals surface area (Å²) in [5.41, 5.74) is 0. The average molecular weight is 264 g/mol. The van der Waals surface area contributed by atoms with E-state index >= 15 is 0 Å². The van der Waals surface area contributed by atoms with Crippen LogP contribution in [-0.4, -0.2) is 14.5 Å². The number of halogens is 2. The zero-order valence-corrected chi connectivity index (χ0v) is 10.1. The molecular formula is C10H11ClFNO2S. The van der Waals surface area contributed by atoms with E-state index in [1.165, 1.54) is 18.2 Å². The minimum absolute atomic E-state index is 0.149. The molecule has 0 aromatic heterocycles. The van der Waals surface area contributed by atoms with Crippen LogP contribution in [0.25, 0.3) is 0 Å². The van der Waals surface area contributed by atoms with E-state index in [0.717, 1.165) is 6.07 Å². The van der Waals surface area contributed by atoms with Gasteiger partial charge in [-0.25, -0.2) is 17.5 Å². The Kier molecular flexibility index (Phi) is 4.07. The first kappa shape index (κ1) is 13.2. The fourth-order valence-corrected chi connectivity index (χ4v) is 2.91. The van der Waals surface area contributed by atoms with E-state index in [-0.39, 0.29) is 5.02 Å².